The molecule has 0 saturated heterocycles. The third kappa shape index (κ3) is 6.97. The molecule has 4 rings (SSSR count). The van der Waals surface area contributed by atoms with Crippen molar-refractivity contribution in [1.29, 1.82) is 0 Å². The van der Waals surface area contributed by atoms with Crippen LogP contribution in [0.1, 0.15) is 32.8 Å². The quantitative estimate of drug-likeness (QED) is 0.364. The van der Waals surface area contributed by atoms with Crippen LogP contribution in [0.3, 0.4) is 0 Å². The number of anilines is 1. The smallest absolute Gasteiger partial charge is 0.264 e. The van der Waals surface area contributed by atoms with Gasteiger partial charge in [-0.2, -0.15) is 0 Å². The highest BCUT2D eigenvalue weighted by molar-refractivity contribution is 7.92. The number of carbonyl (C=O) groups excluding carboxylic acids is 2. The van der Waals surface area contributed by atoms with Crippen LogP contribution in [0.4, 0.5) is 10.1 Å². The summed E-state index contributed by atoms with van der Waals surface area (Å²) in [5, 5.41) is 2.85. The average Bonchev–Trinajstić information content (AvgIpc) is 2.99. The number of hydrogen-bond donors (Lipinski definition) is 1. The van der Waals surface area contributed by atoms with E-state index in [4.69, 9.17) is 9.47 Å². The molecule has 0 bridgehead atoms. The van der Waals surface area contributed by atoms with E-state index < -0.39 is 40.2 Å². The number of ether oxygens (including phenoxy) is 2. The van der Waals surface area contributed by atoms with Crippen LogP contribution in [0.25, 0.3) is 0 Å². The van der Waals surface area contributed by atoms with Crippen molar-refractivity contribution in [2.75, 3.05) is 24.1 Å². The van der Waals surface area contributed by atoms with Crippen LogP contribution < -0.4 is 19.1 Å². The largest absolute Gasteiger partial charge is 0.486 e. The minimum absolute atomic E-state index is 0.0223. The first-order valence-electron chi connectivity index (χ1n) is 13.4. The summed E-state index contributed by atoms with van der Waals surface area (Å²) in [5.41, 5.74) is 0.370. The van der Waals surface area contributed by atoms with E-state index >= 15 is 0 Å². The molecule has 0 fully saturated rings. The molecular formula is C30H34FN3O6S. The van der Waals surface area contributed by atoms with Crippen molar-refractivity contribution in [2.24, 2.45) is 0 Å². The fourth-order valence-corrected chi connectivity index (χ4v) is 5.72. The molecule has 3 aromatic rings. The molecule has 218 valence electrons. The first-order valence-corrected chi connectivity index (χ1v) is 14.9. The minimum Gasteiger partial charge on any atom is -0.486 e. The number of nitrogens with one attached hydrogen (secondary N) is 1. The number of rotatable bonds is 11. The number of amides is 2. The lowest BCUT2D eigenvalue weighted by atomic mass is 10.1. The molecule has 41 heavy (non-hydrogen) atoms. The highest BCUT2D eigenvalue weighted by Gasteiger charge is 2.33. The van der Waals surface area contributed by atoms with Gasteiger partial charge in [-0.1, -0.05) is 43.3 Å². The molecule has 1 heterocycles. The third-order valence-corrected chi connectivity index (χ3v) is 8.68. The fraction of sp³-hybridized carbons (Fsp3) is 0.333. The van der Waals surface area contributed by atoms with Crippen molar-refractivity contribution in [1.82, 2.24) is 10.2 Å². The number of nitrogens with zero attached hydrogens (tertiary/aromatic N) is 2. The monoisotopic (exact) mass is 583 g/mol. The topological polar surface area (TPSA) is 105 Å². The van der Waals surface area contributed by atoms with E-state index in [1.54, 1.807) is 30.3 Å². The summed E-state index contributed by atoms with van der Waals surface area (Å²) in [6, 6.07) is 17.1. The maximum Gasteiger partial charge on any atom is 0.264 e. The molecule has 0 spiro atoms. The molecule has 2 atom stereocenters. The van der Waals surface area contributed by atoms with Crippen LogP contribution in [0, 0.1) is 5.82 Å². The fourth-order valence-electron chi connectivity index (χ4n) is 4.29. The lowest BCUT2D eigenvalue weighted by Gasteiger charge is -2.32. The van der Waals surface area contributed by atoms with E-state index in [2.05, 4.69) is 5.32 Å². The summed E-state index contributed by atoms with van der Waals surface area (Å²) in [7, 11) is -4.24. The van der Waals surface area contributed by atoms with Gasteiger partial charge in [0.05, 0.1) is 10.6 Å². The van der Waals surface area contributed by atoms with Gasteiger partial charge in [0.1, 0.15) is 31.6 Å². The highest BCUT2D eigenvalue weighted by atomic mass is 32.2. The van der Waals surface area contributed by atoms with Gasteiger partial charge in [0.15, 0.2) is 11.5 Å². The molecule has 0 saturated carbocycles. The van der Waals surface area contributed by atoms with E-state index in [0.717, 1.165) is 4.31 Å². The Bertz CT molecular complexity index is 1480. The highest BCUT2D eigenvalue weighted by Crippen LogP contribution is 2.36. The molecule has 1 aliphatic heterocycles. The molecule has 0 radical (unpaired) electrons. The molecule has 0 unspecified atom stereocenters. The van der Waals surface area contributed by atoms with Gasteiger partial charge in [-0.05, 0) is 50.6 Å². The molecule has 9 nitrogen and oxygen atoms in total. The van der Waals surface area contributed by atoms with Gasteiger partial charge in [0, 0.05) is 24.2 Å². The van der Waals surface area contributed by atoms with Crippen molar-refractivity contribution in [3.05, 3.63) is 84.2 Å². The van der Waals surface area contributed by atoms with Crippen LogP contribution in [0.2, 0.25) is 0 Å². The summed E-state index contributed by atoms with van der Waals surface area (Å²) < 4.78 is 54.7. The zero-order valence-corrected chi connectivity index (χ0v) is 24.1. The van der Waals surface area contributed by atoms with Crippen molar-refractivity contribution < 1.29 is 31.9 Å². The van der Waals surface area contributed by atoms with Gasteiger partial charge >= 0.3 is 0 Å². The zero-order chi connectivity index (χ0) is 29.6. The minimum atomic E-state index is -4.24. The number of carbonyl (C=O) groups is 2. The molecule has 1 aliphatic rings. The van der Waals surface area contributed by atoms with E-state index in [1.165, 1.54) is 54.3 Å². The number of halogens is 1. The Kier molecular flexibility index (Phi) is 9.49. The van der Waals surface area contributed by atoms with E-state index in [1.807, 2.05) is 13.8 Å². The van der Waals surface area contributed by atoms with Crippen molar-refractivity contribution >= 4 is 27.5 Å². The Balaban J connectivity index is 1.73. The second-order valence-corrected chi connectivity index (χ2v) is 11.6. The maximum atomic E-state index is 14.7. The van der Waals surface area contributed by atoms with Gasteiger partial charge in [-0.25, -0.2) is 12.8 Å². The van der Waals surface area contributed by atoms with E-state index in [0.29, 0.717) is 31.1 Å². The Hall–Kier alpha value is -4.12. The predicted octanol–water partition coefficient (Wildman–Crippen LogP) is 4.12. The number of fused-ring (bicyclic) bond motifs is 1. The van der Waals surface area contributed by atoms with Crippen molar-refractivity contribution in [3.8, 4) is 11.5 Å². The molecule has 3 aromatic carbocycles. The number of hydrogen-bond acceptors (Lipinski definition) is 6. The van der Waals surface area contributed by atoms with Crippen LogP contribution in [-0.4, -0.2) is 57.0 Å². The Morgan fingerprint density at radius 3 is 2.29 bits per heavy atom. The van der Waals surface area contributed by atoms with E-state index in [-0.39, 0.29) is 28.7 Å². The lowest BCUT2D eigenvalue weighted by Crippen LogP contribution is -2.52. The van der Waals surface area contributed by atoms with Gasteiger partial charge in [-0.15, -0.1) is 0 Å². The molecule has 11 heteroatoms. The summed E-state index contributed by atoms with van der Waals surface area (Å²) in [4.78, 5) is 28.3. The maximum absolute atomic E-state index is 14.7. The van der Waals surface area contributed by atoms with Gasteiger partial charge in [0.25, 0.3) is 10.0 Å². The lowest BCUT2D eigenvalue weighted by molar-refractivity contribution is -0.139. The van der Waals surface area contributed by atoms with Crippen LogP contribution in [0.5, 0.6) is 11.5 Å². The normalized spacial score (nSPS) is 14.0. The van der Waals surface area contributed by atoms with Crippen molar-refractivity contribution in [3.63, 3.8) is 0 Å². The van der Waals surface area contributed by atoms with Gasteiger partial charge in [0.2, 0.25) is 11.8 Å². The van der Waals surface area contributed by atoms with Crippen molar-refractivity contribution in [2.45, 2.75) is 50.7 Å². The second-order valence-electron chi connectivity index (χ2n) is 9.76. The van der Waals surface area contributed by atoms with Gasteiger partial charge in [-0.3, -0.25) is 13.9 Å². The van der Waals surface area contributed by atoms with Crippen LogP contribution >= 0.6 is 0 Å². The first-order chi connectivity index (χ1) is 19.6. The average molecular weight is 584 g/mol. The Morgan fingerprint density at radius 1 is 0.951 bits per heavy atom. The predicted molar refractivity (Wildman–Crippen MR) is 153 cm³/mol. The molecule has 1 N–H and O–H groups in total. The van der Waals surface area contributed by atoms with Crippen LogP contribution in [-0.2, 0) is 26.2 Å². The summed E-state index contributed by atoms with van der Waals surface area (Å²) in [6.45, 7) is 5.06. The molecule has 0 aliphatic carbocycles. The number of sulfonamides is 1. The first kappa shape index (κ1) is 29.9. The molecular weight excluding hydrogens is 549 g/mol. The second kappa shape index (κ2) is 13.0. The number of benzene rings is 3. The third-order valence-electron chi connectivity index (χ3n) is 6.89. The Morgan fingerprint density at radius 2 is 1.61 bits per heavy atom. The summed E-state index contributed by atoms with van der Waals surface area (Å²) in [6.07, 6.45) is 0.674. The SMILES string of the molecule is CC[C@@H](C)NC(=O)[C@@H](C)N(Cc1ccccc1F)C(=O)CN(c1ccc2c(c1)OCCO2)S(=O)(=O)c1ccccc1. The summed E-state index contributed by atoms with van der Waals surface area (Å²) >= 11 is 0. The Labute approximate surface area is 239 Å². The van der Waals surface area contributed by atoms with E-state index in [9.17, 15) is 22.4 Å². The molecule has 0 aromatic heterocycles. The summed E-state index contributed by atoms with van der Waals surface area (Å²) in [5.74, 6) is -0.852. The zero-order valence-electron chi connectivity index (χ0n) is 23.2. The molecule has 2 amide bonds. The van der Waals surface area contributed by atoms with Crippen LogP contribution in [0.15, 0.2) is 77.7 Å². The van der Waals surface area contributed by atoms with Gasteiger partial charge < -0.3 is 19.7 Å². The standard InChI is InChI=1S/C30H34FN3O6S/c1-4-21(2)32-30(36)22(3)33(19-23-10-8-9-13-26(23)31)29(35)20-34(41(37,38)25-11-6-5-7-12-25)24-14-15-27-28(18-24)40-17-16-39-27/h5-15,18,21-22H,4,16-17,19-20H2,1-3H3,(H,32,36)/t21-,22-/m1/s1.